The lowest BCUT2D eigenvalue weighted by Crippen LogP contribution is -2.26. The lowest BCUT2D eigenvalue weighted by Gasteiger charge is -2.35. The average molecular weight is 230 g/mol. The van der Waals surface area contributed by atoms with Crippen LogP contribution < -0.4 is 0 Å². The summed E-state index contributed by atoms with van der Waals surface area (Å²) in [7, 11) is 0. The number of benzene rings is 1. The van der Waals surface area contributed by atoms with Gasteiger partial charge in [-0.25, -0.2) is 0 Å². The van der Waals surface area contributed by atoms with Crippen LogP contribution in [0, 0.1) is 11.3 Å². The van der Waals surface area contributed by atoms with Gasteiger partial charge in [-0.1, -0.05) is 45.0 Å². The molecule has 1 aliphatic heterocycles. The summed E-state index contributed by atoms with van der Waals surface area (Å²) in [5.41, 5.74) is 3.44. The fourth-order valence-corrected chi connectivity index (χ4v) is 4.55. The fraction of sp³-hybridized carbons (Fsp3) is 0.467. The number of hydrogen-bond acceptors (Lipinski definition) is 1. The van der Waals surface area contributed by atoms with E-state index in [-0.39, 0.29) is 0 Å². The first-order valence-corrected chi connectivity index (χ1v) is 6.94. The Morgan fingerprint density at radius 1 is 1.25 bits per heavy atom. The monoisotopic (exact) mass is 230 g/mol. The van der Waals surface area contributed by atoms with Crippen LogP contribution in [0.4, 0.5) is 0 Å². The van der Waals surface area contributed by atoms with Crippen molar-refractivity contribution in [3.05, 3.63) is 35.9 Å². The number of allylic oxidation sites excluding steroid dienone is 1. The molecule has 84 valence electrons. The molecule has 1 aromatic rings. The van der Waals surface area contributed by atoms with Crippen LogP contribution in [0.15, 0.2) is 35.2 Å². The van der Waals surface area contributed by atoms with E-state index in [0.29, 0.717) is 10.7 Å². The van der Waals surface area contributed by atoms with Crippen molar-refractivity contribution < 1.29 is 0 Å². The van der Waals surface area contributed by atoms with E-state index in [0.717, 1.165) is 5.92 Å². The second kappa shape index (κ2) is 3.40. The van der Waals surface area contributed by atoms with Crippen molar-refractivity contribution in [3.8, 4) is 0 Å². The van der Waals surface area contributed by atoms with Gasteiger partial charge in [0.05, 0.1) is 0 Å². The molecule has 16 heavy (non-hydrogen) atoms. The number of rotatable bonds is 0. The predicted molar refractivity (Wildman–Crippen MR) is 71.6 cm³/mol. The molecule has 0 amide bonds. The van der Waals surface area contributed by atoms with Crippen LogP contribution >= 0.6 is 11.8 Å². The van der Waals surface area contributed by atoms with Gasteiger partial charge in [0.1, 0.15) is 0 Å². The summed E-state index contributed by atoms with van der Waals surface area (Å²) in [5, 5.41) is 0.699. The quantitative estimate of drug-likeness (QED) is 0.627. The normalized spacial score (nSPS) is 30.6. The summed E-state index contributed by atoms with van der Waals surface area (Å²) in [6.07, 6.45) is 3.82. The number of fused-ring (bicyclic) bond motifs is 3. The van der Waals surface area contributed by atoms with Gasteiger partial charge in [-0.2, -0.15) is 0 Å². The molecule has 0 aromatic heterocycles. The summed E-state index contributed by atoms with van der Waals surface area (Å²) in [6, 6.07) is 8.86. The van der Waals surface area contributed by atoms with E-state index in [1.807, 2.05) is 0 Å². The van der Waals surface area contributed by atoms with Gasteiger partial charge in [-0.05, 0) is 35.0 Å². The zero-order valence-electron chi connectivity index (χ0n) is 10.2. The van der Waals surface area contributed by atoms with Crippen LogP contribution in [0.1, 0.15) is 32.8 Å². The maximum absolute atomic E-state index is 2.51. The molecular formula is C15H18S. The van der Waals surface area contributed by atoms with Crippen molar-refractivity contribution in [3.63, 3.8) is 0 Å². The average Bonchev–Trinajstić information content (AvgIpc) is 2.56. The third kappa shape index (κ3) is 1.53. The highest BCUT2D eigenvalue weighted by atomic mass is 32.2. The van der Waals surface area contributed by atoms with Crippen LogP contribution in [0.2, 0.25) is 0 Å². The van der Waals surface area contributed by atoms with E-state index in [1.54, 1.807) is 5.57 Å². The standard InChI is InChI=1S/C15H18S/c1-10-8-15(2,3)9-12-11-6-4-5-7-13(11)16-14(10)12/h4-7,9-10,14H,8H2,1-3H3. The Labute approximate surface area is 102 Å². The minimum absolute atomic E-state index is 0.364. The summed E-state index contributed by atoms with van der Waals surface area (Å²) < 4.78 is 0. The molecule has 0 radical (unpaired) electrons. The van der Waals surface area contributed by atoms with Crippen molar-refractivity contribution in [2.75, 3.05) is 0 Å². The molecule has 3 rings (SSSR count). The van der Waals surface area contributed by atoms with Gasteiger partial charge in [-0.3, -0.25) is 0 Å². The first kappa shape index (κ1) is 10.5. The van der Waals surface area contributed by atoms with E-state index in [9.17, 15) is 0 Å². The van der Waals surface area contributed by atoms with Gasteiger partial charge < -0.3 is 0 Å². The van der Waals surface area contributed by atoms with E-state index in [4.69, 9.17) is 0 Å². The highest BCUT2D eigenvalue weighted by molar-refractivity contribution is 8.00. The molecule has 1 aromatic carbocycles. The minimum atomic E-state index is 0.364. The molecule has 0 saturated carbocycles. The Hall–Kier alpha value is -0.690. The van der Waals surface area contributed by atoms with Crippen molar-refractivity contribution in [2.45, 2.75) is 37.3 Å². The lowest BCUT2D eigenvalue weighted by atomic mass is 9.73. The largest absolute Gasteiger partial charge is 0.117 e. The molecule has 0 bridgehead atoms. The van der Waals surface area contributed by atoms with E-state index >= 15 is 0 Å². The van der Waals surface area contributed by atoms with E-state index in [1.165, 1.54) is 16.9 Å². The van der Waals surface area contributed by atoms with Crippen LogP contribution in [0.25, 0.3) is 5.57 Å². The Morgan fingerprint density at radius 3 is 2.81 bits per heavy atom. The summed E-state index contributed by atoms with van der Waals surface area (Å²) >= 11 is 2.06. The summed E-state index contributed by atoms with van der Waals surface area (Å²) in [6.45, 7) is 7.12. The SMILES string of the molecule is CC1CC(C)(C)C=C2c3ccccc3SC21. The lowest BCUT2D eigenvalue weighted by molar-refractivity contribution is 0.342. The first-order valence-electron chi connectivity index (χ1n) is 6.06. The maximum Gasteiger partial charge on any atom is 0.0374 e. The molecule has 0 N–H and O–H groups in total. The Balaban J connectivity index is 2.13. The van der Waals surface area contributed by atoms with Crippen LogP contribution in [0.3, 0.4) is 0 Å². The molecule has 1 heteroatoms. The molecule has 0 nitrogen and oxygen atoms in total. The summed E-state index contributed by atoms with van der Waals surface area (Å²) in [5.74, 6) is 0.785. The van der Waals surface area contributed by atoms with Crippen LogP contribution in [-0.4, -0.2) is 5.25 Å². The van der Waals surface area contributed by atoms with Gasteiger partial charge in [0, 0.05) is 10.1 Å². The van der Waals surface area contributed by atoms with Crippen molar-refractivity contribution in [1.82, 2.24) is 0 Å². The molecule has 2 aliphatic rings. The molecule has 1 aliphatic carbocycles. The molecule has 2 unspecified atom stereocenters. The zero-order chi connectivity index (χ0) is 11.3. The highest BCUT2D eigenvalue weighted by Crippen LogP contribution is 2.54. The number of thioether (sulfide) groups is 1. The Bertz CT molecular complexity index is 456. The van der Waals surface area contributed by atoms with Crippen molar-refractivity contribution in [2.24, 2.45) is 11.3 Å². The predicted octanol–water partition coefficient (Wildman–Crippen LogP) is 4.61. The van der Waals surface area contributed by atoms with Crippen molar-refractivity contribution >= 4 is 17.3 Å². The second-order valence-corrected chi connectivity index (χ2v) is 6.99. The van der Waals surface area contributed by atoms with Gasteiger partial charge in [0.25, 0.3) is 0 Å². The molecule has 0 saturated heterocycles. The molecule has 1 heterocycles. The first-order chi connectivity index (χ1) is 7.57. The summed E-state index contributed by atoms with van der Waals surface area (Å²) in [4.78, 5) is 1.48. The van der Waals surface area contributed by atoms with Gasteiger partial charge in [-0.15, -0.1) is 11.8 Å². The molecule has 0 fully saturated rings. The fourth-order valence-electron chi connectivity index (χ4n) is 3.16. The molecule has 2 atom stereocenters. The van der Waals surface area contributed by atoms with Crippen molar-refractivity contribution in [1.29, 1.82) is 0 Å². The smallest absolute Gasteiger partial charge is 0.0374 e. The molecular weight excluding hydrogens is 212 g/mol. The van der Waals surface area contributed by atoms with Gasteiger partial charge in [0.15, 0.2) is 0 Å². The van der Waals surface area contributed by atoms with Crippen LogP contribution in [-0.2, 0) is 0 Å². The Kier molecular flexibility index (Phi) is 2.22. The zero-order valence-corrected chi connectivity index (χ0v) is 11.0. The van der Waals surface area contributed by atoms with Gasteiger partial charge in [0.2, 0.25) is 0 Å². The minimum Gasteiger partial charge on any atom is -0.117 e. The third-order valence-electron chi connectivity index (χ3n) is 3.67. The highest BCUT2D eigenvalue weighted by Gasteiger charge is 2.38. The third-order valence-corrected chi connectivity index (χ3v) is 5.25. The topological polar surface area (TPSA) is 0 Å². The molecule has 0 spiro atoms. The van der Waals surface area contributed by atoms with E-state index < -0.39 is 0 Å². The second-order valence-electron chi connectivity index (χ2n) is 5.80. The number of hydrogen-bond donors (Lipinski definition) is 0. The Morgan fingerprint density at radius 2 is 2.00 bits per heavy atom. The van der Waals surface area contributed by atoms with Crippen LogP contribution in [0.5, 0.6) is 0 Å². The van der Waals surface area contributed by atoms with Gasteiger partial charge >= 0.3 is 0 Å². The maximum atomic E-state index is 2.51. The van der Waals surface area contributed by atoms with E-state index in [2.05, 4.69) is 62.9 Å².